The van der Waals surface area contributed by atoms with Crippen LogP contribution >= 0.6 is 11.5 Å². The number of nitrogens with two attached hydrogens (primary N) is 1. The predicted octanol–water partition coefficient (Wildman–Crippen LogP) is 0.604. The maximum absolute atomic E-state index is 11.3. The van der Waals surface area contributed by atoms with Crippen molar-refractivity contribution in [1.82, 2.24) is 9.59 Å². The molecule has 3 N–H and O–H groups in total. The van der Waals surface area contributed by atoms with E-state index >= 15 is 0 Å². The molecule has 5 nitrogen and oxygen atoms in total. The van der Waals surface area contributed by atoms with Gasteiger partial charge in [-0.1, -0.05) is 4.49 Å². The van der Waals surface area contributed by atoms with E-state index in [1.165, 1.54) is 11.5 Å². The van der Waals surface area contributed by atoms with Gasteiger partial charge in [0, 0.05) is 12.0 Å². The molecule has 0 aliphatic rings. The second-order valence-electron chi connectivity index (χ2n) is 3.50. The number of nitrogens with one attached hydrogen (secondary N) is 1. The molecular formula is C7H12N4OS. The molecule has 0 unspecified atom stereocenters. The van der Waals surface area contributed by atoms with Crippen LogP contribution in [0.1, 0.15) is 20.3 Å². The Morgan fingerprint density at radius 3 is 2.92 bits per heavy atom. The number of hydrogen-bond acceptors (Lipinski definition) is 5. The number of aromatic nitrogens is 2. The molecule has 13 heavy (non-hydrogen) atoms. The average Bonchev–Trinajstić information content (AvgIpc) is 2.34. The summed E-state index contributed by atoms with van der Waals surface area (Å²) in [6.45, 7) is 3.59. The zero-order valence-electron chi connectivity index (χ0n) is 7.57. The van der Waals surface area contributed by atoms with Crippen molar-refractivity contribution in [3.63, 3.8) is 0 Å². The van der Waals surface area contributed by atoms with Gasteiger partial charge in [-0.2, -0.15) is 0 Å². The largest absolute Gasteiger partial charge is 0.325 e. The topological polar surface area (TPSA) is 80.9 Å². The first-order valence-electron chi connectivity index (χ1n) is 3.83. The van der Waals surface area contributed by atoms with Gasteiger partial charge >= 0.3 is 0 Å². The summed E-state index contributed by atoms with van der Waals surface area (Å²) < 4.78 is 3.62. The highest BCUT2D eigenvalue weighted by Gasteiger charge is 2.16. The Morgan fingerprint density at radius 2 is 2.46 bits per heavy atom. The number of carbonyl (C=O) groups is 1. The highest BCUT2D eigenvalue weighted by Crippen LogP contribution is 2.08. The lowest BCUT2D eigenvalue weighted by molar-refractivity contribution is -0.117. The standard InChI is InChI=1S/C7H12N4OS/c1-7(2,8)3-6(12)9-5-4-13-11-10-5/h4H,3,8H2,1-2H3,(H,9,12). The molecule has 0 saturated carbocycles. The molecule has 1 amide bonds. The predicted molar refractivity (Wildman–Crippen MR) is 51.4 cm³/mol. The van der Waals surface area contributed by atoms with Crippen LogP contribution in [0.5, 0.6) is 0 Å². The fourth-order valence-electron chi connectivity index (χ4n) is 0.820. The molecule has 1 heterocycles. The third-order valence-corrected chi connectivity index (χ3v) is 1.75. The fraction of sp³-hybridized carbons (Fsp3) is 0.571. The smallest absolute Gasteiger partial charge is 0.227 e. The summed E-state index contributed by atoms with van der Waals surface area (Å²) in [4.78, 5) is 11.3. The molecule has 0 aromatic carbocycles. The number of hydrogen-bond donors (Lipinski definition) is 2. The minimum Gasteiger partial charge on any atom is -0.325 e. The van der Waals surface area contributed by atoms with Gasteiger partial charge in [0.05, 0.1) is 5.38 Å². The molecule has 1 rings (SSSR count). The van der Waals surface area contributed by atoms with Crippen LogP contribution in [0, 0.1) is 0 Å². The fourth-order valence-corrected chi connectivity index (χ4v) is 1.21. The van der Waals surface area contributed by atoms with Gasteiger partial charge in [-0.3, -0.25) is 4.79 Å². The van der Waals surface area contributed by atoms with E-state index in [0.29, 0.717) is 5.82 Å². The molecule has 6 heteroatoms. The Bertz CT molecular complexity index is 277. The number of nitrogens with zero attached hydrogens (tertiary/aromatic N) is 2. The second-order valence-corrected chi connectivity index (χ2v) is 4.11. The summed E-state index contributed by atoms with van der Waals surface area (Å²) in [6.07, 6.45) is 0.268. The highest BCUT2D eigenvalue weighted by atomic mass is 32.1. The van der Waals surface area contributed by atoms with Gasteiger partial charge in [-0.15, -0.1) is 5.10 Å². The van der Waals surface area contributed by atoms with Crippen molar-refractivity contribution in [3.05, 3.63) is 5.38 Å². The third kappa shape index (κ3) is 3.95. The van der Waals surface area contributed by atoms with Gasteiger partial charge in [0.15, 0.2) is 5.82 Å². The minimum absolute atomic E-state index is 0.139. The van der Waals surface area contributed by atoms with E-state index in [9.17, 15) is 4.79 Å². The van der Waals surface area contributed by atoms with E-state index in [2.05, 4.69) is 14.9 Å². The summed E-state index contributed by atoms with van der Waals surface area (Å²) in [5.41, 5.74) is 5.18. The van der Waals surface area contributed by atoms with Crippen LogP contribution in [-0.4, -0.2) is 21.0 Å². The van der Waals surface area contributed by atoms with Gasteiger partial charge in [-0.25, -0.2) is 0 Å². The van der Waals surface area contributed by atoms with Crippen LogP contribution in [0.3, 0.4) is 0 Å². The van der Waals surface area contributed by atoms with Crippen molar-refractivity contribution in [2.45, 2.75) is 25.8 Å². The number of carbonyl (C=O) groups excluding carboxylic acids is 1. The van der Waals surface area contributed by atoms with E-state index in [4.69, 9.17) is 5.73 Å². The monoisotopic (exact) mass is 200 g/mol. The van der Waals surface area contributed by atoms with Gasteiger partial charge in [0.1, 0.15) is 0 Å². The van der Waals surface area contributed by atoms with Crippen molar-refractivity contribution in [1.29, 1.82) is 0 Å². The molecule has 0 aliphatic carbocycles. The van der Waals surface area contributed by atoms with Gasteiger partial charge in [0.2, 0.25) is 5.91 Å². The zero-order chi connectivity index (χ0) is 9.90. The first kappa shape index (κ1) is 10.1. The molecule has 0 atom stereocenters. The normalized spacial score (nSPS) is 11.3. The van der Waals surface area contributed by atoms with E-state index in [1.807, 2.05) is 0 Å². The number of amides is 1. The lowest BCUT2D eigenvalue weighted by Gasteiger charge is -2.16. The molecular weight excluding hydrogens is 188 g/mol. The Kier molecular flexibility index (Phi) is 2.94. The first-order valence-corrected chi connectivity index (χ1v) is 4.67. The summed E-state index contributed by atoms with van der Waals surface area (Å²) >= 11 is 1.19. The molecule has 0 spiro atoms. The van der Waals surface area contributed by atoms with E-state index in [-0.39, 0.29) is 12.3 Å². The van der Waals surface area contributed by atoms with Crippen LogP contribution in [-0.2, 0) is 4.79 Å². The minimum atomic E-state index is -0.493. The van der Waals surface area contributed by atoms with E-state index in [0.717, 1.165) is 0 Å². The summed E-state index contributed by atoms with van der Waals surface area (Å²) in [7, 11) is 0. The van der Waals surface area contributed by atoms with Crippen LogP contribution in [0.2, 0.25) is 0 Å². The van der Waals surface area contributed by atoms with Crippen LogP contribution in [0.4, 0.5) is 5.82 Å². The van der Waals surface area contributed by atoms with Crippen molar-refractivity contribution >= 4 is 23.3 Å². The van der Waals surface area contributed by atoms with Gasteiger partial charge < -0.3 is 11.1 Å². The SMILES string of the molecule is CC(C)(N)CC(=O)Nc1csnn1. The Hall–Kier alpha value is -1.01. The maximum atomic E-state index is 11.3. The van der Waals surface area contributed by atoms with E-state index < -0.39 is 5.54 Å². The Labute approximate surface area is 80.5 Å². The molecule has 1 aromatic heterocycles. The molecule has 0 bridgehead atoms. The summed E-state index contributed by atoms with van der Waals surface area (Å²) in [5, 5.41) is 7.95. The van der Waals surface area contributed by atoms with Crippen LogP contribution < -0.4 is 11.1 Å². The van der Waals surface area contributed by atoms with Crippen molar-refractivity contribution in [2.75, 3.05) is 5.32 Å². The average molecular weight is 200 g/mol. The van der Waals surface area contributed by atoms with Crippen LogP contribution in [0.25, 0.3) is 0 Å². The van der Waals surface area contributed by atoms with Gasteiger partial charge in [-0.05, 0) is 25.4 Å². The van der Waals surface area contributed by atoms with Crippen molar-refractivity contribution in [3.8, 4) is 0 Å². The van der Waals surface area contributed by atoms with Crippen LogP contribution in [0.15, 0.2) is 5.38 Å². The molecule has 72 valence electrons. The quantitative estimate of drug-likeness (QED) is 0.748. The highest BCUT2D eigenvalue weighted by molar-refractivity contribution is 7.03. The molecule has 1 aromatic rings. The zero-order valence-corrected chi connectivity index (χ0v) is 8.39. The molecule has 0 radical (unpaired) electrons. The van der Waals surface area contributed by atoms with Crippen molar-refractivity contribution < 1.29 is 4.79 Å². The lowest BCUT2D eigenvalue weighted by Crippen LogP contribution is -2.36. The maximum Gasteiger partial charge on any atom is 0.227 e. The number of anilines is 1. The summed E-state index contributed by atoms with van der Waals surface area (Å²) in [5.74, 6) is 0.347. The molecule has 0 fully saturated rings. The Balaban J connectivity index is 2.43. The molecule has 0 saturated heterocycles. The number of rotatable bonds is 3. The summed E-state index contributed by atoms with van der Waals surface area (Å²) in [6, 6.07) is 0. The third-order valence-electron chi connectivity index (χ3n) is 1.24. The van der Waals surface area contributed by atoms with Gasteiger partial charge in [0.25, 0.3) is 0 Å². The Morgan fingerprint density at radius 1 is 1.77 bits per heavy atom. The van der Waals surface area contributed by atoms with Crippen molar-refractivity contribution in [2.24, 2.45) is 5.73 Å². The van der Waals surface area contributed by atoms with E-state index in [1.54, 1.807) is 19.2 Å². The second kappa shape index (κ2) is 3.80. The first-order chi connectivity index (χ1) is 5.97. The lowest BCUT2D eigenvalue weighted by atomic mass is 10.0. The molecule has 0 aliphatic heterocycles.